The fourth-order valence-electron chi connectivity index (χ4n) is 3.14. The van der Waals surface area contributed by atoms with Crippen LogP contribution in [0.5, 0.6) is 0 Å². The minimum Gasteiger partial charge on any atom is -0.402 e. The number of hydrogen-bond acceptors (Lipinski definition) is 3. The van der Waals surface area contributed by atoms with Crippen LogP contribution in [-0.4, -0.2) is 24.3 Å². The van der Waals surface area contributed by atoms with Gasteiger partial charge in [0.25, 0.3) is 0 Å². The van der Waals surface area contributed by atoms with Gasteiger partial charge >= 0.3 is 7.12 Å². The lowest BCUT2D eigenvalue weighted by atomic mass is 9.76. The smallest absolute Gasteiger partial charge is 0.402 e. The summed E-state index contributed by atoms with van der Waals surface area (Å²) in [5, 5.41) is 0. The molecule has 2 fully saturated rings. The van der Waals surface area contributed by atoms with Crippen LogP contribution in [0.2, 0.25) is 0 Å². The van der Waals surface area contributed by atoms with Gasteiger partial charge in [0.1, 0.15) is 0 Å². The zero-order chi connectivity index (χ0) is 15.3. The first-order valence-corrected chi connectivity index (χ1v) is 7.96. The summed E-state index contributed by atoms with van der Waals surface area (Å²) in [7, 11) is -0.285. The summed E-state index contributed by atoms with van der Waals surface area (Å²) in [5.41, 5.74) is 7.20. The quantitative estimate of drug-likeness (QED) is 0.862. The van der Waals surface area contributed by atoms with E-state index in [4.69, 9.17) is 15.0 Å². The fraction of sp³-hybridized carbons (Fsp3) is 0.647. The Labute approximate surface area is 140 Å². The first-order valence-electron chi connectivity index (χ1n) is 7.96. The van der Waals surface area contributed by atoms with Crippen LogP contribution in [0, 0.1) is 5.92 Å². The van der Waals surface area contributed by atoms with Gasteiger partial charge in [0.2, 0.25) is 0 Å². The number of halogens is 1. The maximum Gasteiger partial charge on any atom is 0.475 e. The predicted octanol–water partition coefficient (Wildman–Crippen LogP) is 3.56. The van der Waals surface area contributed by atoms with Crippen LogP contribution >= 0.6 is 12.4 Å². The summed E-state index contributed by atoms with van der Waals surface area (Å²) in [6, 6.07) is 10.7. The molecule has 1 saturated heterocycles. The Morgan fingerprint density at radius 2 is 1.68 bits per heavy atom. The highest BCUT2D eigenvalue weighted by Crippen LogP contribution is 2.50. The first kappa shape index (κ1) is 17.8. The molecule has 1 aliphatic heterocycles. The van der Waals surface area contributed by atoms with Gasteiger partial charge in [0, 0.05) is 5.94 Å². The molecule has 1 saturated carbocycles. The van der Waals surface area contributed by atoms with Crippen LogP contribution in [0.1, 0.15) is 52.0 Å². The molecule has 2 aliphatic rings. The molecule has 0 spiro atoms. The van der Waals surface area contributed by atoms with Crippen LogP contribution in [0.3, 0.4) is 0 Å². The molecule has 3 nitrogen and oxygen atoms in total. The lowest BCUT2D eigenvalue weighted by Crippen LogP contribution is -2.42. The van der Waals surface area contributed by atoms with E-state index in [1.165, 1.54) is 12.0 Å². The predicted molar refractivity (Wildman–Crippen MR) is 93.2 cm³/mol. The lowest BCUT2D eigenvalue weighted by molar-refractivity contribution is 0.00578. The maximum absolute atomic E-state index is 6.35. The van der Waals surface area contributed by atoms with E-state index < -0.39 is 0 Å². The maximum atomic E-state index is 6.35. The molecule has 0 aromatic heterocycles. The summed E-state index contributed by atoms with van der Waals surface area (Å²) in [5.74, 6) is 1.28. The topological polar surface area (TPSA) is 44.5 Å². The van der Waals surface area contributed by atoms with Crippen LogP contribution in [0.25, 0.3) is 0 Å². The highest BCUT2D eigenvalue weighted by Gasteiger charge is 2.54. The monoisotopic (exact) mass is 323 g/mol. The van der Waals surface area contributed by atoms with Gasteiger partial charge in [-0.3, -0.25) is 0 Å². The Hall–Kier alpha value is -0.545. The zero-order valence-electron chi connectivity index (χ0n) is 13.9. The molecule has 1 aromatic rings. The second kappa shape index (κ2) is 6.16. The van der Waals surface area contributed by atoms with Crippen molar-refractivity contribution in [2.45, 2.75) is 63.6 Å². The molecular weight excluding hydrogens is 296 g/mol. The van der Waals surface area contributed by atoms with Crippen molar-refractivity contribution >= 4 is 19.5 Å². The van der Waals surface area contributed by atoms with Gasteiger partial charge in [-0.25, -0.2) is 0 Å². The average Bonchev–Trinajstić information content (AvgIpc) is 3.12. The van der Waals surface area contributed by atoms with Gasteiger partial charge in [0.15, 0.2) is 0 Å². The minimum atomic E-state index is -0.294. The molecule has 2 N–H and O–H groups in total. The third kappa shape index (κ3) is 3.35. The van der Waals surface area contributed by atoms with Crippen molar-refractivity contribution in [3.63, 3.8) is 0 Å². The summed E-state index contributed by atoms with van der Waals surface area (Å²) >= 11 is 0. The third-order valence-corrected chi connectivity index (χ3v) is 5.35. The molecule has 0 bridgehead atoms. The molecule has 1 unspecified atom stereocenters. The van der Waals surface area contributed by atoms with Crippen LogP contribution in [0.4, 0.5) is 0 Å². The number of rotatable bonds is 4. The molecule has 1 heterocycles. The second-order valence-corrected chi connectivity index (χ2v) is 7.54. The summed E-state index contributed by atoms with van der Waals surface area (Å²) in [6.07, 6.45) is 2.20. The average molecular weight is 324 g/mol. The molecule has 3 rings (SSSR count). The Kier molecular flexibility index (Phi) is 4.98. The Morgan fingerprint density at radius 1 is 1.14 bits per heavy atom. The van der Waals surface area contributed by atoms with Crippen LogP contribution in [-0.2, 0) is 9.31 Å². The number of nitrogens with two attached hydrogens (primary N) is 1. The summed E-state index contributed by atoms with van der Waals surface area (Å²) in [4.78, 5) is 0. The molecule has 22 heavy (non-hydrogen) atoms. The van der Waals surface area contributed by atoms with E-state index in [0.29, 0.717) is 11.8 Å². The van der Waals surface area contributed by atoms with Crippen molar-refractivity contribution in [1.82, 2.24) is 0 Å². The molecule has 1 aromatic carbocycles. The SMILES string of the molecule is CC1(C)OB(C(N)C[C@H]2C[C@@H]2c2ccccc2)OC1(C)C.Cl. The fourth-order valence-corrected chi connectivity index (χ4v) is 3.14. The van der Waals surface area contributed by atoms with Crippen molar-refractivity contribution in [2.24, 2.45) is 11.7 Å². The largest absolute Gasteiger partial charge is 0.475 e. The van der Waals surface area contributed by atoms with Crippen molar-refractivity contribution in [3.05, 3.63) is 35.9 Å². The highest BCUT2D eigenvalue weighted by atomic mass is 35.5. The van der Waals surface area contributed by atoms with E-state index in [1.54, 1.807) is 0 Å². The second-order valence-electron chi connectivity index (χ2n) is 7.54. The van der Waals surface area contributed by atoms with Gasteiger partial charge in [-0.1, -0.05) is 30.3 Å². The van der Waals surface area contributed by atoms with E-state index in [-0.39, 0.29) is 36.7 Å². The van der Waals surface area contributed by atoms with Crippen molar-refractivity contribution < 1.29 is 9.31 Å². The zero-order valence-corrected chi connectivity index (χ0v) is 14.7. The third-order valence-electron chi connectivity index (χ3n) is 5.35. The van der Waals surface area contributed by atoms with Gasteiger partial charge in [-0.05, 0) is 57.9 Å². The molecule has 5 heteroatoms. The molecule has 122 valence electrons. The first-order chi connectivity index (χ1) is 9.80. The van der Waals surface area contributed by atoms with Crippen molar-refractivity contribution in [1.29, 1.82) is 0 Å². The van der Waals surface area contributed by atoms with E-state index in [9.17, 15) is 0 Å². The van der Waals surface area contributed by atoms with E-state index in [0.717, 1.165) is 6.42 Å². The van der Waals surface area contributed by atoms with Gasteiger partial charge in [-0.2, -0.15) is 0 Å². The van der Waals surface area contributed by atoms with Crippen LogP contribution < -0.4 is 5.73 Å². The lowest BCUT2D eigenvalue weighted by Gasteiger charge is -2.32. The van der Waals surface area contributed by atoms with Gasteiger partial charge < -0.3 is 15.0 Å². The molecule has 1 aliphatic carbocycles. The van der Waals surface area contributed by atoms with Gasteiger partial charge in [-0.15, -0.1) is 12.4 Å². The van der Waals surface area contributed by atoms with Crippen molar-refractivity contribution in [2.75, 3.05) is 0 Å². The minimum absolute atomic E-state index is 0. The van der Waals surface area contributed by atoms with E-state index in [2.05, 4.69) is 58.0 Å². The highest BCUT2D eigenvalue weighted by molar-refractivity contribution is 6.47. The van der Waals surface area contributed by atoms with E-state index in [1.807, 2.05) is 0 Å². The van der Waals surface area contributed by atoms with Crippen molar-refractivity contribution in [3.8, 4) is 0 Å². The Bertz CT molecular complexity index is 493. The van der Waals surface area contributed by atoms with Gasteiger partial charge in [0.05, 0.1) is 11.2 Å². The Morgan fingerprint density at radius 3 is 2.23 bits per heavy atom. The number of benzene rings is 1. The van der Waals surface area contributed by atoms with E-state index >= 15 is 0 Å². The standard InChI is InChI=1S/C17H26BNO2.ClH/c1-16(2)17(3,4)21-18(20-16)15(19)11-13-10-14(13)12-8-6-5-7-9-12;/h5-9,13-15H,10-11,19H2,1-4H3;1H/t13-,14-,15?;/m1./s1. The normalized spacial score (nSPS) is 29.8. The molecule has 0 amide bonds. The molecule has 3 atom stereocenters. The number of hydrogen-bond donors (Lipinski definition) is 1. The molecule has 0 radical (unpaired) electrons. The Balaban J connectivity index is 0.00000176. The summed E-state index contributed by atoms with van der Waals surface area (Å²) < 4.78 is 12.1. The molecular formula is C17H27BClNO2. The summed E-state index contributed by atoms with van der Waals surface area (Å²) in [6.45, 7) is 8.29. The van der Waals surface area contributed by atoms with Crippen LogP contribution in [0.15, 0.2) is 30.3 Å².